The molecule has 0 saturated carbocycles. The molecule has 0 saturated heterocycles. The fraction of sp³-hybridized carbons (Fsp3) is 0.0149. The first-order valence-electron chi connectivity index (χ1n) is 23.9. The number of nitrogens with zero attached hydrogens (tertiary/aromatic N) is 1. The molecule has 2 heteroatoms. The largest absolute Gasteiger partial charge is 0.456 e. The molecule has 0 amide bonds. The zero-order valence-corrected chi connectivity index (χ0v) is 37.5. The van der Waals surface area contributed by atoms with Crippen molar-refractivity contribution in [2.24, 2.45) is 0 Å². The van der Waals surface area contributed by atoms with Gasteiger partial charge in [-0.2, -0.15) is 0 Å². The number of furan rings is 1. The first-order valence-corrected chi connectivity index (χ1v) is 23.9. The van der Waals surface area contributed by atoms with Crippen LogP contribution in [0.4, 0.5) is 17.1 Å². The normalized spacial score (nSPS) is 13.0. The molecule has 0 bridgehead atoms. The molecule has 2 nitrogen and oxygen atoms in total. The standard InChI is InChI=1S/C67H41NO/c1-2-15-51-49(13-1)50-14-3-4-16-52(50)59-39-44(29-36-53(51)59)42-25-31-46(32-26-42)68(47-33-27-43(28-34-47)45-30-38-66-60(40-45)58-20-8-12-24-65(58)69-66)48-35-37-57-56-19-7-11-23-63(56)67(64(57)41-48)61-21-9-5-17-54(61)55-18-6-10-22-62(55)67/h1-41H. The van der Waals surface area contributed by atoms with E-state index in [9.17, 15) is 0 Å². The third-order valence-electron chi connectivity index (χ3n) is 15.3. The van der Waals surface area contributed by atoms with Crippen molar-refractivity contribution in [1.82, 2.24) is 0 Å². The van der Waals surface area contributed by atoms with Gasteiger partial charge in [0, 0.05) is 27.8 Å². The van der Waals surface area contributed by atoms with Crippen LogP contribution in [0.2, 0.25) is 0 Å². The maximum absolute atomic E-state index is 6.20. The fourth-order valence-electron chi connectivity index (χ4n) is 12.3. The molecular weight excluding hydrogens is 835 g/mol. The van der Waals surface area contributed by atoms with Crippen molar-refractivity contribution in [3.63, 3.8) is 0 Å². The quantitative estimate of drug-likeness (QED) is 0.160. The van der Waals surface area contributed by atoms with Crippen molar-refractivity contribution in [1.29, 1.82) is 0 Å². The maximum atomic E-state index is 6.20. The minimum atomic E-state index is -0.448. The van der Waals surface area contributed by atoms with Crippen molar-refractivity contribution < 1.29 is 4.42 Å². The highest BCUT2D eigenvalue weighted by molar-refractivity contribution is 6.25. The molecule has 0 N–H and O–H groups in total. The van der Waals surface area contributed by atoms with Gasteiger partial charge in [0.1, 0.15) is 11.2 Å². The summed E-state index contributed by atoms with van der Waals surface area (Å²) in [5, 5.41) is 9.96. The topological polar surface area (TPSA) is 16.4 Å². The minimum Gasteiger partial charge on any atom is -0.456 e. The van der Waals surface area contributed by atoms with Crippen LogP contribution in [0.5, 0.6) is 0 Å². The highest BCUT2D eigenvalue weighted by Crippen LogP contribution is 2.63. The molecule has 1 aromatic heterocycles. The molecule has 1 heterocycles. The Balaban J connectivity index is 0.895. The van der Waals surface area contributed by atoms with E-state index in [-0.39, 0.29) is 0 Å². The summed E-state index contributed by atoms with van der Waals surface area (Å²) < 4.78 is 6.20. The predicted octanol–water partition coefficient (Wildman–Crippen LogP) is 18.2. The molecule has 0 atom stereocenters. The average molecular weight is 876 g/mol. The second kappa shape index (κ2) is 14.5. The molecular formula is C67H41NO. The summed E-state index contributed by atoms with van der Waals surface area (Å²) in [5.74, 6) is 0. The van der Waals surface area contributed by atoms with Gasteiger partial charge >= 0.3 is 0 Å². The molecule has 69 heavy (non-hydrogen) atoms. The molecule has 0 unspecified atom stereocenters. The van der Waals surface area contributed by atoms with Crippen molar-refractivity contribution in [3.8, 4) is 44.5 Å². The Bertz CT molecular complexity index is 4150. The summed E-state index contributed by atoms with van der Waals surface area (Å²) in [4.78, 5) is 2.43. The third kappa shape index (κ3) is 5.43. The van der Waals surface area contributed by atoms with E-state index in [2.05, 4.69) is 241 Å². The van der Waals surface area contributed by atoms with Crippen molar-refractivity contribution in [2.75, 3.05) is 4.90 Å². The van der Waals surface area contributed by atoms with Gasteiger partial charge in [-0.15, -0.1) is 0 Å². The number of hydrogen-bond donors (Lipinski definition) is 0. The van der Waals surface area contributed by atoms with Crippen LogP contribution in [-0.4, -0.2) is 0 Å². The lowest BCUT2D eigenvalue weighted by atomic mass is 9.70. The van der Waals surface area contributed by atoms with Crippen LogP contribution in [0.1, 0.15) is 22.3 Å². The Hall–Kier alpha value is -8.98. The SMILES string of the molecule is c1ccc2c(c1)-c1ccccc1C21c2ccccc2-c2ccc(N(c3ccc(-c4ccc5oc6ccccc6c5c4)cc3)c3ccc(-c4ccc5c6ccccc6c6ccccc6c5c4)cc3)cc21. The van der Waals surface area contributed by atoms with Gasteiger partial charge in [-0.25, -0.2) is 0 Å². The molecule has 13 aromatic rings. The molecule has 0 aliphatic heterocycles. The van der Waals surface area contributed by atoms with E-state index in [4.69, 9.17) is 4.42 Å². The van der Waals surface area contributed by atoms with Crippen LogP contribution in [-0.2, 0) is 5.41 Å². The lowest BCUT2D eigenvalue weighted by Gasteiger charge is -2.32. The zero-order chi connectivity index (χ0) is 45.2. The molecule has 15 rings (SSSR count). The second-order valence-corrected chi connectivity index (χ2v) is 18.7. The molecule has 12 aromatic carbocycles. The van der Waals surface area contributed by atoms with Crippen LogP contribution in [0.15, 0.2) is 253 Å². The van der Waals surface area contributed by atoms with E-state index in [1.807, 2.05) is 12.1 Å². The summed E-state index contributed by atoms with van der Waals surface area (Å²) >= 11 is 0. The number of rotatable bonds is 5. The van der Waals surface area contributed by atoms with Gasteiger partial charge in [0.25, 0.3) is 0 Å². The van der Waals surface area contributed by atoms with Crippen LogP contribution in [0.25, 0.3) is 98.8 Å². The number of para-hydroxylation sites is 1. The summed E-state index contributed by atoms with van der Waals surface area (Å²) in [6, 6.07) is 92.0. The molecule has 320 valence electrons. The Morgan fingerprint density at radius 3 is 1.20 bits per heavy atom. The molecule has 0 radical (unpaired) electrons. The Labute approximate surface area is 399 Å². The van der Waals surface area contributed by atoms with Crippen LogP contribution in [0, 0.1) is 0 Å². The summed E-state index contributed by atoms with van der Waals surface area (Å²) in [6.07, 6.45) is 0. The lowest BCUT2D eigenvalue weighted by molar-refractivity contribution is 0.669. The van der Waals surface area contributed by atoms with Gasteiger partial charge in [0.05, 0.1) is 5.41 Å². The lowest BCUT2D eigenvalue weighted by Crippen LogP contribution is -2.26. The van der Waals surface area contributed by atoms with Gasteiger partial charge in [-0.1, -0.05) is 188 Å². The molecule has 0 fully saturated rings. The van der Waals surface area contributed by atoms with E-state index in [1.54, 1.807) is 0 Å². The Morgan fingerprint density at radius 1 is 0.246 bits per heavy atom. The van der Waals surface area contributed by atoms with E-state index >= 15 is 0 Å². The van der Waals surface area contributed by atoms with E-state index < -0.39 is 5.41 Å². The highest BCUT2D eigenvalue weighted by atomic mass is 16.3. The first-order chi connectivity index (χ1) is 34.2. The van der Waals surface area contributed by atoms with Gasteiger partial charge in [-0.3, -0.25) is 0 Å². The molecule has 1 spiro atoms. The van der Waals surface area contributed by atoms with Gasteiger partial charge in [0.15, 0.2) is 0 Å². The van der Waals surface area contributed by atoms with Crippen molar-refractivity contribution in [3.05, 3.63) is 271 Å². The van der Waals surface area contributed by atoms with Crippen molar-refractivity contribution in [2.45, 2.75) is 5.41 Å². The highest BCUT2D eigenvalue weighted by Gasteiger charge is 2.51. The number of benzene rings is 12. The predicted molar refractivity (Wildman–Crippen MR) is 288 cm³/mol. The van der Waals surface area contributed by atoms with Gasteiger partial charge in [-0.05, 0) is 160 Å². The number of hydrogen-bond acceptors (Lipinski definition) is 2. The zero-order valence-electron chi connectivity index (χ0n) is 37.5. The summed E-state index contributed by atoms with van der Waals surface area (Å²) in [6.45, 7) is 0. The van der Waals surface area contributed by atoms with Gasteiger partial charge < -0.3 is 9.32 Å². The fourth-order valence-corrected chi connectivity index (χ4v) is 12.3. The first kappa shape index (κ1) is 38.2. The van der Waals surface area contributed by atoms with E-state index in [1.165, 1.54) is 88.0 Å². The molecule has 2 aliphatic carbocycles. The van der Waals surface area contributed by atoms with Crippen LogP contribution >= 0.6 is 0 Å². The van der Waals surface area contributed by atoms with Crippen LogP contribution < -0.4 is 4.90 Å². The number of anilines is 3. The van der Waals surface area contributed by atoms with E-state index in [0.717, 1.165) is 50.1 Å². The van der Waals surface area contributed by atoms with Gasteiger partial charge in [0.2, 0.25) is 0 Å². The monoisotopic (exact) mass is 875 g/mol. The Kier molecular flexibility index (Phi) is 8.02. The smallest absolute Gasteiger partial charge is 0.135 e. The second-order valence-electron chi connectivity index (χ2n) is 18.7. The minimum absolute atomic E-state index is 0.448. The average Bonchev–Trinajstić information content (AvgIpc) is 4.05. The molecule has 2 aliphatic rings. The van der Waals surface area contributed by atoms with Crippen molar-refractivity contribution >= 4 is 71.3 Å². The summed E-state index contributed by atoms with van der Waals surface area (Å²) in [5.41, 5.74) is 19.9. The maximum Gasteiger partial charge on any atom is 0.135 e. The van der Waals surface area contributed by atoms with Crippen LogP contribution in [0.3, 0.4) is 0 Å². The number of fused-ring (bicyclic) bond motifs is 19. The third-order valence-corrected chi connectivity index (χ3v) is 15.3. The summed E-state index contributed by atoms with van der Waals surface area (Å²) in [7, 11) is 0. The van der Waals surface area contributed by atoms with E-state index in [0.29, 0.717) is 0 Å². The Morgan fingerprint density at radius 2 is 0.638 bits per heavy atom.